The number of rotatable bonds is 5. The van der Waals surface area contributed by atoms with Gasteiger partial charge in [-0.05, 0) is 47.4 Å². The molecule has 1 aromatic carbocycles. The third kappa shape index (κ3) is 4.89. The van der Waals surface area contributed by atoms with E-state index in [-0.39, 0.29) is 5.41 Å². The van der Waals surface area contributed by atoms with Crippen LogP contribution in [0.5, 0.6) is 0 Å². The highest BCUT2D eigenvalue weighted by Crippen LogP contribution is 2.25. The van der Waals surface area contributed by atoms with Crippen molar-refractivity contribution in [2.24, 2.45) is 0 Å². The molecule has 2 aromatic heterocycles. The quantitative estimate of drug-likeness (QED) is 0.634. The zero-order valence-electron chi connectivity index (χ0n) is 18.6. The van der Waals surface area contributed by atoms with Crippen LogP contribution < -0.4 is 10.2 Å². The Morgan fingerprint density at radius 2 is 1.62 bits per heavy atom. The molecule has 0 unspecified atom stereocenters. The molecule has 0 radical (unpaired) electrons. The van der Waals surface area contributed by atoms with Crippen LogP contribution in [0.2, 0.25) is 0 Å². The maximum atomic E-state index is 13.1. The average molecular weight is 453 g/mol. The van der Waals surface area contributed by atoms with E-state index in [1.807, 2.05) is 36.4 Å². The van der Waals surface area contributed by atoms with Crippen molar-refractivity contribution in [2.45, 2.75) is 31.1 Å². The summed E-state index contributed by atoms with van der Waals surface area (Å²) in [4.78, 5) is 6.45. The Kier molecular flexibility index (Phi) is 6.12. The summed E-state index contributed by atoms with van der Waals surface area (Å²) in [5.41, 5.74) is 1.93. The highest BCUT2D eigenvalue weighted by Gasteiger charge is 2.29. The van der Waals surface area contributed by atoms with Gasteiger partial charge in [-0.2, -0.15) is 4.31 Å². The van der Waals surface area contributed by atoms with E-state index in [0.717, 1.165) is 17.1 Å². The summed E-state index contributed by atoms with van der Waals surface area (Å²) in [6, 6.07) is 14.7. The lowest BCUT2D eigenvalue weighted by atomic mass is 9.87. The Balaban J connectivity index is 1.38. The number of nitrogens with one attached hydrogen (secondary N) is 1. The van der Waals surface area contributed by atoms with Crippen molar-refractivity contribution in [1.82, 2.24) is 19.5 Å². The van der Waals surface area contributed by atoms with Gasteiger partial charge in [0.15, 0.2) is 11.6 Å². The second-order valence-corrected chi connectivity index (χ2v) is 10.7. The SMILES string of the molecule is CC(C)(C)c1ccc(S(=O)(=O)N2CCN(c3ccc(Nc4cccnc4)nn3)CC2)cc1. The number of aromatic nitrogens is 3. The van der Waals surface area contributed by atoms with Crippen LogP contribution >= 0.6 is 0 Å². The number of benzene rings is 1. The van der Waals surface area contributed by atoms with Gasteiger partial charge in [0, 0.05) is 32.4 Å². The van der Waals surface area contributed by atoms with Crippen molar-refractivity contribution in [3.63, 3.8) is 0 Å². The molecule has 0 bridgehead atoms. The molecule has 32 heavy (non-hydrogen) atoms. The number of pyridine rings is 1. The highest BCUT2D eigenvalue weighted by molar-refractivity contribution is 7.89. The van der Waals surface area contributed by atoms with Crippen LogP contribution in [0.3, 0.4) is 0 Å². The van der Waals surface area contributed by atoms with Crippen molar-refractivity contribution >= 4 is 27.3 Å². The van der Waals surface area contributed by atoms with Crippen molar-refractivity contribution in [1.29, 1.82) is 0 Å². The van der Waals surface area contributed by atoms with Gasteiger partial charge < -0.3 is 10.2 Å². The minimum atomic E-state index is -3.52. The number of sulfonamides is 1. The molecular weight excluding hydrogens is 424 g/mol. The summed E-state index contributed by atoms with van der Waals surface area (Å²) in [5.74, 6) is 1.36. The number of hydrogen-bond acceptors (Lipinski definition) is 7. The monoisotopic (exact) mass is 452 g/mol. The van der Waals surface area contributed by atoms with E-state index in [1.165, 1.54) is 0 Å². The molecular formula is C23H28N6O2S. The molecule has 3 aromatic rings. The van der Waals surface area contributed by atoms with Gasteiger partial charge >= 0.3 is 0 Å². The van der Waals surface area contributed by atoms with Gasteiger partial charge in [-0.1, -0.05) is 32.9 Å². The van der Waals surface area contributed by atoms with Gasteiger partial charge in [-0.15, -0.1) is 10.2 Å². The van der Waals surface area contributed by atoms with E-state index in [9.17, 15) is 8.42 Å². The van der Waals surface area contributed by atoms with Crippen LogP contribution in [0.4, 0.5) is 17.3 Å². The molecule has 9 heteroatoms. The Labute approximate surface area is 189 Å². The molecule has 1 saturated heterocycles. The third-order valence-electron chi connectivity index (χ3n) is 5.51. The Morgan fingerprint density at radius 3 is 2.19 bits per heavy atom. The molecule has 0 saturated carbocycles. The lowest BCUT2D eigenvalue weighted by molar-refractivity contribution is 0.383. The molecule has 4 rings (SSSR count). The molecule has 1 N–H and O–H groups in total. The summed E-state index contributed by atoms with van der Waals surface area (Å²) >= 11 is 0. The Hall–Kier alpha value is -3.04. The third-order valence-corrected chi connectivity index (χ3v) is 7.42. The lowest BCUT2D eigenvalue weighted by Gasteiger charge is -2.34. The maximum absolute atomic E-state index is 13.1. The summed E-state index contributed by atoms with van der Waals surface area (Å²) in [6.07, 6.45) is 3.42. The molecule has 0 atom stereocenters. The zero-order chi connectivity index (χ0) is 22.8. The van der Waals surface area contributed by atoms with E-state index in [4.69, 9.17) is 0 Å². The van der Waals surface area contributed by atoms with Crippen LogP contribution in [0.25, 0.3) is 0 Å². The fourth-order valence-electron chi connectivity index (χ4n) is 3.58. The molecule has 1 fully saturated rings. The van der Waals surface area contributed by atoms with E-state index in [2.05, 4.69) is 46.2 Å². The molecule has 0 spiro atoms. The van der Waals surface area contributed by atoms with Gasteiger partial charge in [0.25, 0.3) is 0 Å². The smallest absolute Gasteiger partial charge is 0.243 e. The molecule has 168 valence electrons. The first-order valence-corrected chi connectivity index (χ1v) is 12.0. The summed E-state index contributed by atoms with van der Waals surface area (Å²) in [6.45, 7) is 8.26. The number of piperazine rings is 1. The summed E-state index contributed by atoms with van der Waals surface area (Å²) < 4.78 is 27.7. The van der Waals surface area contributed by atoms with E-state index < -0.39 is 10.0 Å². The Bertz CT molecular complexity index is 1140. The standard InChI is InChI=1S/C23H28N6O2S/c1-23(2,3)18-6-8-20(9-7-18)32(30,31)29-15-13-28(14-16-29)22-11-10-21(26-27-22)25-19-5-4-12-24-17-19/h4-12,17H,13-16H2,1-3H3,(H,25,26). The van der Waals surface area contributed by atoms with Crippen LogP contribution in [-0.4, -0.2) is 54.1 Å². The molecule has 0 aliphatic carbocycles. The van der Waals surface area contributed by atoms with Crippen LogP contribution in [-0.2, 0) is 15.4 Å². The number of anilines is 3. The van der Waals surface area contributed by atoms with Crippen molar-refractivity contribution in [2.75, 3.05) is 36.4 Å². The first kappa shape index (κ1) is 22.2. The van der Waals surface area contributed by atoms with Crippen LogP contribution in [0.1, 0.15) is 26.3 Å². The molecule has 1 aliphatic heterocycles. The molecule has 1 aliphatic rings. The second kappa shape index (κ2) is 8.84. The Morgan fingerprint density at radius 1 is 0.906 bits per heavy atom. The van der Waals surface area contributed by atoms with Crippen molar-refractivity contribution in [3.8, 4) is 0 Å². The van der Waals surface area contributed by atoms with E-state index in [1.54, 1.807) is 28.8 Å². The highest BCUT2D eigenvalue weighted by atomic mass is 32.2. The minimum absolute atomic E-state index is 0.0159. The fourth-order valence-corrected chi connectivity index (χ4v) is 5.00. The van der Waals surface area contributed by atoms with Gasteiger partial charge in [-0.3, -0.25) is 4.98 Å². The summed E-state index contributed by atoms with van der Waals surface area (Å²) in [7, 11) is -3.52. The second-order valence-electron chi connectivity index (χ2n) is 8.81. The topological polar surface area (TPSA) is 91.3 Å². The van der Waals surface area contributed by atoms with Crippen LogP contribution in [0, 0.1) is 0 Å². The first-order chi connectivity index (χ1) is 15.2. The molecule has 3 heterocycles. The molecule has 8 nitrogen and oxygen atoms in total. The largest absolute Gasteiger partial charge is 0.352 e. The van der Waals surface area contributed by atoms with Crippen molar-refractivity contribution in [3.05, 3.63) is 66.5 Å². The minimum Gasteiger partial charge on any atom is -0.352 e. The van der Waals surface area contributed by atoms with E-state index >= 15 is 0 Å². The zero-order valence-corrected chi connectivity index (χ0v) is 19.4. The number of nitrogens with zero attached hydrogens (tertiary/aromatic N) is 5. The van der Waals surface area contributed by atoms with Gasteiger partial charge in [0.1, 0.15) is 0 Å². The first-order valence-electron chi connectivity index (χ1n) is 10.6. The average Bonchev–Trinajstić information content (AvgIpc) is 2.80. The fraction of sp³-hybridized carbons (Fsp3) is 0.348. The van der Waals surface area contributed by atoms with Crippen molar-refractivity contribution < 1.29 is 8.42 Å². The van der Waals surface area contributed by atoms with Gasteiger partial charge in [0.2, 0.25) is 10.0 Å². The van der Waals surface area contributed by atoms with E-state index in [0.29, 0.717) is 36.9 Å². The lowest BCUT2D eigenvalue weighted by Crippen LogP contribution is -2.49. The predicted octanol–water partition coefficient (Wildman–Crippen LogP) is 3.42. The normalized spacial score (nSPS) is 15.5. The van der Waals surface area contributed by atoms with Gasteiger partial charge in [-0.25, -0.2) is 8.42 Å². The summed E-state index contributed by atoms with van der Waals surface area (Å²) in [5, 5.41) is 11.7. The van der Waals surface area contributed by atoms with Gasteiger partial charge in [0.05, 0.1) is 16.8 Å². The van der Waals surface area contributed by atoms with Crippen LogP contribution in [0.15, 0.2) is 65.8 Å². The number of hydrogen-bond donors (Lipinski definition) is 1. The predicted molar refractivity (Wildman–Crippen MR) is 126 cm³/mol. The maximum Gasteiger partial charge on any atom is 0.243 e. The molecule has 0 amide bonds.